The molecule has 1 aliphatic rings. The van der Waals surface area contributed by atoms with Crippen LogP contribution in [0.3, 0.4) is 0 Å². The maximum atomic E-state index is 11.6. The van der Waals surface area contributed by atoms with E-state index in [0.29, 0.717) is 18.9 Å². The van der Waals surface area contributed by atoms with Gasteiger partial charge in [-0.25, -0.2) is 9.98 Å². The summed E-state index contributed by atoms with van der Waals surface area (Å²) in [6.07, 6.45) is 4.67. The number of nitrogens with zero attached hydrogens (tertiary/aromatic N) is 3. The van der Waals surface area contributed by atoms with E-state index in [1.165, 1.54) is 10.6 Å². The van der Waals surface area contributed by atoms with Crippen molar-refractivity contribution >= 4 is 23.2 Å². The van der Waals surface area contributed by atoms with Gasteiger partial charge in [-0.1, -0.05) is 30.3 Å². The molecule has 3 rings (SSSR count). The number of amides is 1. The second kappa shape index (κ2) is 11.7. The number of piperidine rings is 1. The minimum atomic E-state index is 0.139. The summed E-state index contributed by atoms with van der Waals surface area (Å²) in [5.74, 6) is 1.56. The van der Waals surface area contributed by atoms with Crippen LogP contribution in [0.15, 0.2) is 40.7 Å². The van der Waals surface area contributed by atoms with Crippen molar-refractivity contribution in [2.24, 2.45) is 10.9 Å². The summed E-state index contributed by atoms with van der Waals surface area (Å²) in [5, 5.41) is 9.44. The van der Waals surface area contributed by atoms with Gasteiger partial charge in [0.2, 0.25) is 5.91 Å². The second-order valence-electron chi connectivity index (χ2n) is 7.70. The number of carbonyl (C=O) groups excluding carboxylic acids is 1. The SMILES string of the molecule is CCNC(=NCc1csc(CCc2ccccc2)n1)N1CCC(CC(=O)NC)CC1. The zero-order chi connectivity index (χ0) is 21.2. The number of guanidine groups is 1. The zero-order valence-corrected chi connectivity index (χ0v) is 18.9. The molecular weight excluding hydrogens is 394 g/mol. The van der Waals surface area contributed by atoms with Crippen LogP contribution < -0.4 is 10.6 Å². The van der Waals surface area contributed by atoms with Gasteiger partial charge in [0.15, 0.2) is 5.96 Å². The Balaban J connectivity index is 1.51. The highest BCUT2D eigenvalue weighted by molar-refractivity contribution is 7.09. The van der Waals surface area contributed by atoms with Crippen LogP contribution in [0.25, 0.3) is 0 Å². The van der Waals surface area contributed by atoms with E-state index in [1.54, 1.807) is 18.4 Å². The molecule has 0 atom stereocenters. The zero-order valence-electron chi connectivity index (χ0n) is 18.1. The molecule has 30 heavy (non-hydrogen) atoms. The van der Waals surface area contributed by atoms with E-state index in [-0.39, 0.29) is 5.91 Å². The Labute approximate surface area is 183 Å². The van der Waals surface area contributed by atoms with Crippen LogP contribution in [-0.4, -0.2) is 48.4 Å². The molecule has 0 radical (unpaired) electrons. The van der Waals surface area contributed by atoms with Crippen LogP contribution in [0.1, 0.15) is 42.5 Å². The third kappa shape index (κ3) is 6.83. The maximum Gasteiger partial charge on any atom is 0.220 e. The molecule has 0 bridgehead atoms. The first-order valence-corrected chi connectivity index (χ1v) is 11.8. The van der Waals surface area contributed by atoms with Crippen molar-refractivity contribution in [1.82, 2.24) is 20.5 Å². The minimum absolute atomic E-state index is 0.139. The molecule has 2 aromatic rings. The number of thiazole rings is 1. The highest BCUT2D eigenvalue weighted by atomic mass is 32.1. The number of likely N-dealkylation sites (tertiary alicyclic amines) is 1. The number of rotatable bonds is 8. The normalized spacial score (nSPS) is 15.3. The lowest BCUT2D eigenvalue weighted by Crippen LogP contribution is -2.46. The molecule has 1 aliphatic heterocycles. The Morgan fingerprint density at radius 1 is 1.23 bits per heavy atom. The Bertz CT molecular complexity index is 812. The van der Waals surface area contributed by atoms with Gasteiger partial charge >= 0.3 is 0 Å². The first-order valence-electron chi connectivity index (χ1n) is 10.9. The fourth-order valence-electron chi connectivity index (χ4n) is 3.73. The third-order valence-electron chi connectivity index (χ3n) is 5.46. The number of nitrogens with one attached hydrogen (secondary N) is 2. The van der Waals surface area contributed by atoms with Crippen LogP contribution in [-0.2, 0) is 24.2 Å². The summed E-state index contributed by atoms with van der Waals surface area (Å²) >= 11 is 1.73. The van der Waals surface area contributed by atoms with Crippen molar-refractivity contribution in [2.75, 3.05) is 26.7 Å². The Hall–Kier alpha value is -2.41. The lowest BCUT2D eigenvalue weighted by Gasteiger charge is -2.34. The molecule has 0 unspecified atom stereocenters. The fraction of sp³-hybridized carbons (Fsp3) is 0.522. The van der Waals surface area contributed by atoms with Crippen LogP contribution in [0.5, 0.6) is 0 Å². The molecule has 0 spiro atoms. The molecule has 1 fully saturated rings. The number of carbonyl (C=O) groups is 1. The summed E-state index contributed by atoms with van der Waals surface area (Å²) in [7, 11) is 1.71. The first-order chi connectivity index (χ1) is 14.7. The Morgan fingerprint density at radius 2 is 2.00 bits per heavy atom. The standard InChI is InChI=1S/C23H33N5OS/c1-3-25-23(28-13-11-19(12-14-28)15-21(29)24-2)26-16-20-17-30-22(27-20)10-9-18-7-5-4-6-8-18/h4-8,17,19H,3,9-16H2,1-2H3,(H,24,29)(H,25,26). The van der Waals surface area contributed by atoms with Crippen LogP contribution in [0.2, 0.25) is 0 Å². The highest BCUT2D eigenvalue weighted by Crippen LogP contribution is 2.21. The van der Waals surface area contributed by atoms with Gasteiger partial charge in [0.05, 0.1) is 17.2 Å². The fourth-order valence-corrected chi connectivity index (χ4v) is 4.52. The average Bonchev–Trinajstić information content (AvgIpc) is 3.24. The summed E-state index contributed by atoms with van der Waals surface area (Å²) in [5.41, 5.74) is 2.38. The number of hydrogen-bond acceptors (Lipinski definition) is 4. The van der Waals surface area contributed by atoms with Gasteiger partial charge < -0.3 is 15.5 Å². The maximum absolute atomic E-state index is 11.6. The summed E-state index contributed by atoms with van der Waals surface area (Å²) < 4.78 is 0. The minimum Gasteiger partial charge on any atom is -0.359 e. The third-order valence-corrected chi connectivity index (χ3v) is 6.42. The number of benzene rings is 1. The van der Waals surface area contributed by atoms with Crippen molar-refractivity contribution in [1.29, 1.82) is 0 Å². The van der Waals surface area contributed by atoms with Crippen molar-refractivity contribution < 1.29 is 4.79 Å². The van der Waals surface area contributed by atoms with Gasteiger partial charge in [0, 0.05) is 44.9 Å². The van der Waals surface area contributed by atoms with Gasteiger partial charge in [0.1, 0.15) is 0 Å². The van der Waals surface area contributed by atoms with Gasteiger partial charge in [0.25, 0.3) is 0 Å². The quantitative estimate of drug-likeness (QED) is 0.501. The number of aromatic nitrogens is 1. The van der Waals surface area contributed by atoms with Crippen LogP contribution in [0.4, 0.5) is 0 Å². The van der Waals surface area contributed by atoms with Gasteiger partial charge in [-0.15, -0.1) is 11.3 Å². The van der Waals surface area contributed by atoms with E-state index < -0.39 is 0 Å². The summed E-state index contributed by atoms with van der Waals surface area (Å²) in [6, 6.07) is 10.6. The molecule has 1 aromatic carbocycles. The summed E-state index contributed by atoms with van der Waals surface area (Å²) in [6.45, 7) is 5.41. The molecule has 2 heterocycles. The molecule has 0 aliphatic carbocycles. The molecule has 1 saturated heterocycles. The van der Waals surface area contributed by atoms with E-state index in [9.17, 15) is 4.79 Å². The molecule has 6 nitrogen and oxygen atoms in total. The molecule has 1 aromatic heterocycles. The monoisotopic (exact) mass is 427 g/mol. The number of aryl methyl sites for hydroxylation is 2. The molecular formula is C23H33N5OS. The molecule has 1 amide bonds. The van der Waals surface area contributed by atoms with E-state index in [1.807, 2.05) is 0 Å². The van der Waals surface area contributed by atoms with E-state index >= 15 is 0 Å². The molecule has 7 heteroatoms. The molecule has 2 N–H and O–H groups in total. The van der Waals surface area contributed by atoms with Crippen molar-refractivity contribution in [2.45, 2.75) is 45.6 Å². The Morgan fingerprint density at radius 3 is 2.70 bits per heavy atom. The van der Waals surface area contributed by atoms with Crippen LogP contribution >= 0.6 is 11.3 Å². The van der Waals surface area contributed by atoms with Gasteiger partial charge in [-0.2, -0.15) is 0 Å². The average molecular weight is 428 g/mol. The first kappa shape index (κ1) is 22.3. The molecule has 162 valence electrons. The van der Waals surface area contributed by atoms with Crippen molar-refractivity contribution in [3.63, 3.8) is 0 Å². The lowest BCUT2D eigenvalue weighted by molar-refractivity contribution is -0.121. The smallest absolute Gasteiger partial charge is 0.220 e. The Kier molecular flexibility index (Phi) is 8.68. The molecule has 0 saturated carbocycles. The lowest BCUT2D eigenvalue weighted by atomic mass is 9.93. The number of hydrogen-bond donors (Lipinski definition) is 2. The van der Waals surface area contributed by atoms with E-state index in [0.717, 1.165) is 57.0 Å². The van der Waals surface area contributed by atoms with E-state index in [4.69, 9.17) is 9.98 Å². The predicted molar refractivity (Wildman–Crippen MR) is 124 cm³/mol. The van der Waals surface area contributed by atoms with Gasteiger partial charge in [-0.3, -0.25) is 4.79 Å². The summed E-state index contributed by atoms with van der Waals surface area (Å²) in [4.78, 5) is 23.5. The second-order valence-corrected chi connectivity index (χ2v) is 8.64. The van der Waals surface area contributed by atoms with Gasteiger partial charge in [-0.05, 0) is 37.7 Å². The van der Waals surface area contributed by atoms with Crippen LogP contribution in [0, 0.1) is 5.92 Å². The van der Waals surface area contributed by atoms with Crippen molar-refractivity contribution in [3.05, 3.63) is 52.0 Å². The van der Waals surface area contributed by atoms with Crippen molar-refractivity contribution in [3.8, 4) is 0 Å². The van der Waals surface area contributed by atoms with E-state index in [2.05, 4.69) is 58.2 Å². The predicted octanol–water partition coefficient (Wildman–Crippen LogP) is 3.24. The topological polar surface area (TPSA) is 69.6 Å². The largest absolute Gasteiger partial charge is 0.359 e. The highest BCUT2D eigenvalue weighted by Gasteiger charge is 2.23. The number of aliphatic imine (C=N–C) groups is 1.